The van der Waals surface area contributed by atoms with E-state index in [1.54, 1.807) is 4.68 Å². The Balaban J connectivity index is 2.21. The molecular formula is C19H30N6O. The number of nitrogens with zero attached hydrogens (tertiary/aromatic N) is 4. The number of hydrogen-bond donors (Lipinski definition) is 2. The van der Waals surface area contributed by atoms with Crippen LogP contribution in [-0.2, 0) is 11.2 Å². The first-order chi connectivity index (χ1) is 12.2. The molecule has 0 saturated carbocycles. The third-order valence-electron chi connectivity index (χ3n) is 4.34. The van der Waals surface area contributed by atoms with Gasteiger partial charge in [0, 0.05) is 35.2 Å². The topological polar surface area (TPSA) is 98.7 Å². The Morgan fingerprint density at radius 3 is 2.35 bits per heavy atom. The molecule has 0 bridgehead atoms. The van der Waals surface area contributed by atoms with Crippen molar-refractivity contribution < 1.29 is 4.79 Å². The molecule has 0 aliphatic heterocycles. The maximum Gasteiger partial charge on any atom is 0.251 e. The average molecular weight is 358 g/mol. The monoisotopic (exact) mass is 358 g/mol. The second kappa shape index (κ2) is 8.40. The third-order valence-corrected chi connectivity index (χ3v) is 4.34. The molecule has 1 unspecified atom stereocenters. The summed E-state index contributed by atoms with van der Waals surface area (Å²) in [7, 11) is 0. The van der Waals surface area contributed by atoms with Gasteiger partial charge < -0.3 is 11.1 Å². The van der Waals surface area contributed by atoms with Crippen molar-refractivity contribution in [2.45, 2.75) is 60.4 Å². The lowest BCUT2D eigenvalue weighted by molar-refractivity contribution is -0.121. The number of nitrogens with one attached hydrogen (secondary N) is 1. The molecule has 1 atom stereocenters. The summed E-state index contributed by atoms with van der Waals surface area (Å²) < 4.78 is 1.71. The van der Waals surface area contributed by atoms with Gasteiger partial charge in [0.05, 0.1) is 12.1 Å². The van der Waals surface area contributed by atoms with Crippen molar-refractivity contribution in [1.29, 1.82) is 0 Å². The second-order valence-corrected chi connectivity index (χ2v) is 7.32. The SMILES string of the molecule is Cc1cc(C)nc(-n2nc(C)c(CC(=O)NC(CN)CC(C)C)c2C)n1. The van der Waals surface area contributed by atoms with Gasteiger partial charge in [0.1, 0.15) is 0 Å². The van der Waals surface area contributed by atoms with Gasteiger partial charge in [0.2, 0.25) is 5.91 Å². The number of aromatic nitrogens is 4. The normalized spacial score (nSPS) is 12.5. The van der Waals surface area contributed by atoms with Crippen LogP contribution in [0.1, 0.15) is 48.6 Å². The highest BCUT2D eigenvalue weighted by atomic mass is 16.1. The first-order valence-electron chi connectivity index (χ1n) is 9.08. The lowest BCUT2D eigenvalue weighted by atomic mass is 10.0. The average Bonchev–Trinajstić information content (AvgIpc) is 2.81. The molecule has 0 fully saturated rings. The summed E-state index contributed by atoms with van der Waals surface area (Å²) in [6.07, 6.45) is 1.15. The number of amides is 1. The molecule has 2 rings (SSSR count). The summed E-state index contributed by atoms with van der Waals surface area (Å²) in [6, 6.07) is 1.92. The predicted molar refractivity (Wildman–Crippen MR) is 102 cm³/mol. The third kappa shape index (κ3) is 4.88. The Labute approximate surface area is 155 Å². The van der Waals surface area contributed by atoms with Crippen LogP contribution in [0.5, 0.6) is 0 Å². The highest BCUT2D eigenvalue weighted by Crippen LogP contribution is 2.17. The molecule has 3 N–H and O–H groups in total. The maximum absolute atomic E-state index is 12.5. The van der Waals surface area contributed by atoms with Crippen molar-refractivity contribution in [3.05, 3.63) is 34.4 Å². The minimum Gasteiger partial charge on any atom is -0.352 e. The fourth-order valence-corrected chi connectivity index (χ4v) is 3.15. The molecule has 7 heteroatoms. The van der Waals surface area contributed by atoms with Gasteiger partial charge >= 0.3 is 0 Å². The van der Waals surface area contributed by atoms with Crippen molar-refractivity contribution in [3.8, 4) is 5.95 Å². The molecule has 2 heterocycles. The zero-order valence-electron chi connectivity index (χ0n) is 16.6. The maximum atomic E-state index is 12.5. The van der Waals surface area contributed by atoms with Crippen molar-refractivity contribution >= 4 is 5.91 Å². The van der Waals surface area contributed by atoms with E-state index in [1.807, 2.05) is 33.8 Å². The van der Waals surface area contributed by atoms with Crippen molar-refractivity contribution in [2.75, 3.05) is 6.54 Å². The van der Waals surface area contributed by atoms with E-state index in [0.29, 0.717) is 18.4 Å². The Kier molecular flexibility index (Phi) is 6.47. The Hall–Kier alpha value is -2.28. The van der Waals surface area contributed by atoms with Crippen LogP contribution < -0.4 is 11.1 Å². The van der Waals surface area contributed by atoms with E-state index in [1.165, 1.54) is 0 Å². The lowest BCUT2D eigenvalue weighted by Crippen LogP contribution is -2.41. The summed E-state index contributed by atoms with van der Waals surface area (Å²) in [5, 5.41) is 7.59. The fourth-order valence-electron chi connectivity index (χ4n) is 3.15. The van der Waals surface area contributed by atoms with Crippen molar-refractivity contribution in [1.82, 2.24) is 25.1 Å². The number of aryl methyl sites for hydroxylation is 3. The van der Waals surface area contributed by atoms with Gasteiger partial charge in [0.15, 0.2) is 0 Å². The molecule has 0 saturated heterocycles. The molecule has 26 heavy (non-hydrogen) atoms. The minimum atomic E-state index is -0.0341. The van der Waals surface area contributed by atoms with E-state index < -0.39 is 0 Å². The van der Waals surface area contributed by atoms with Gasteiger partial charge in [-0.25, -0.2) is 14.6 Å². The predicted octanol–water partition coefficient (Wildman–Crippen LogP) is 1.93. The smallest absolute Gasteiger partial charge is 0.251 e. The largest absolute Gasteiger partial charge is 0.352 e. The molecule has 7 nitrogen and oxygen atoms in total. The van der Waals surface area contributed by atoms with E-state index in [-0.39, 0.29) is 18.4 Å². The second-order valence-electron chi connectivity index (χ2n) is 7.32. The van der Waals surface area contributed by atoms with Crippen LogP contribution in [0, 0.1) is 33.6 Å². The van der Waals surface area contributed by atoms with Crippen molar-refractivity contribution in [2.24, 2.45) is 11.7 Å². The highest BCUT2D eigenvalue weighted by molar-refractivity contribution is 5.79. The van der Waals surface area contributed by atoms with Crippen molar-refractivity contribution in [3.63, 3.8) is 0 Å². The zero-order valence-corrected chi connectivity index (χ0v) is 16.6. The molecule has 0 aliphatic rings. The number of carbonyl (C=O) groups is 1. The van der Waals surface area contributed by atoms with Gasteiger partial charge in [-0.3, -0.25) is 4.79 Å². The quantitative estimate of drug-likeness (QED) is 0.788. The number of hydrogen-bond acceptors (Lipinski definition) is 5. The lowest BCUT2D eigenvalue weighted by Gasteiger charge is -2.18. The molecule has 0 radical (unpaired) electrons. The van der Waals surface area contributed by atoms with E-state index >= 15 is 0 Å². The van der Waals surface area contributed by atoms with Crippen LogP contribution in [0.15, 0.2) is 6.07 Å². The Morgan fingerprint density at radius 2 is 1.81 bits per heavy atom. The van der Waals surface area contributed by atoms with Crippen LogP contribution in [0.3, 0.4) is 0 Å². The van der Waals surface area contributed by atoms with Crippen LogP contribution >= 0.6 is 0 Å². The number of rotatable bonds is 7. The Morgan fingerprint density at radius 1 is 1.19 bits per heavy atom. The van der Waals surface area contributed by atoms with Gasteiger partial charge in [-0.2, -0.15) is 5.10 Å². The van der Waals surface area contributed by atoms with Crippen LogP contribution in [0.25, 0.3) is 5.95 Å². The summed E-state index contributed by atoms with van der Waals surface area (Å²) in [4.78, 5) is 21.4. The first-order valence-corrected chi connectivity index (χ1v) is 9.08. The first kappa shape index (κ1) is 20.0. The molecule has 142 valence electrons. The van der Waals surface area contributed by atoms with E-state index in [4.69, 9.17) is 5.73 Å². The number of nitrogens with two attached hydrogens (primary N) is 1. The molecule has 0 spiro atoms. The molecule has 2 aromatic heterocycles. The molecule has 0 aromatic carbocycles. The summed E-state index contributed by atoms with van der Waals surface area (Å²) in [6.45, 7) is 12.4. The highest BCUT2D eigenvalue weighted by Gasteiger charge is 2.19. The number of carbonyl (C=O) groups excluding carboxylic acids is 1. The summed E-state index contributed by atoms with van der Waals surface area (Å²) >= 11 is 0. The summed E-state index contributed by atoms with van der Waals surface area (Å²) in [5.41, 5.74) is 10.2. The molecule has 2 aromatic rings. The van der Waals surface area contributed by atoms with Crippen LogP contribution in [0.4, 0.5) is 0 Å². The Bertz CT molecular complexity index is 760. The summed E-state index contributed by atoms with van der Waals surface area (Å²) in [5.74, 6) is 0.986. The van der Waals surface area contributed by atoms with E-state index in [9.17, 15) is 4.79 Å². The molecular weight excluding hydrogens is 328 g/mol. The van der Waals surface area contributed by atoms with Gasteiger partial charge in [0.25, 0.3) is 5.95 Å². The fraction of sp³-hybridized carbons (Fsp3) is 0.579. The van der Waals surface area contributed by atoms with Gasteiger partial charge in [-0.15, -0.1) is 0 Å². The van der Waals surface area contributed by atoms with Gasteiger partial charge in [-0.05, 0) is 46.1 Å². The van der Waals surface area contributed by atoms with Crippen LogP contribution in [0.2, 0.25) is 0 Å². The van der Waals surface area contributed by atoms with Gasteiger partial charge in [-0.1, -0.05) is 13.8 Å². The van der Waals surface area contributed by atoms with Crippen LogP contribution in [-0.4, -0.2) is 38.2 Å². The van der Waals surface area contributed by atoms with E-state index in [0.717, 1.165) is 34.8 Å². The van der Waals surface area contributed by atoms with E-state index in [2.05, 4.69) is 34.2 Å². The molecule has 0 aliphatic carbocycles. The minimum absolute atomic E-state index is 0.000845. The zero-order chi connectivity index (χ0) is 19.4. The standard InChI is InChI=1S/C19H30N6O/c1-11(2)7-16(10-20)23-18(26)9-17-14(5)24-25(15(17)6)19-21-12(3)8-13(4)22-19/h8,11,16H,7,9-10,20H2,1-6H3,(H,23,26). The molecule has 1 amide bonds.